The van der Waals surface area contributed by atoms with Gasteiger partial charge in [-0.3, -0.25) is 9.59 Å². The van der Waals surface area contributed by atoms with E-state index in [9.17, 15) is 9.59 Å². The Bertz CT molecular complexity index is 289. The molecule has 0 unspecified atom stereocenters. The smallest absolute Gasteiger partial charge is 0.141 e. The highest BCUT2D eigenvalue weighted by Gasteiger charge is 2.34. The zero-order chi connectivity index (χ0) is 13.2. The minimum absolute atomic E-state index is 0.134. The fourth-order valence-electron chi connectivity index (χ4n) is 2.72. The fraction of sp³-hybridized carbons (Fsp3) is 0.867. The van der Waals surface area contributed by atoms with E-state index in [0.717, 1.165) is 25.7 Å². The number of hydrogen-bond donors (Lipinski definition) is 0. The molecule has 0 heterocycles. The molecule has 1 aliphatic carbocycles. The van der Waals surface area contributed by atoms with E-state index >= 15 is 0 Å². The second kappa shape index (κ2) is 5.32. The quantitative estimate of drug-likeness (QED) is 0.752. The summed E-state index contributed by atoms with van der Waals surface area (Å²) in [5, 5.41) is 0. The average Bonchev–Trinajstić information content (AvgIpc) is 2.26. The van der Waals surface area contributed by atoms with Crippen LogP contribution in [0.4, 0.5) is 0 Å². The second-order valence-electron chi connectivity index (χ2n) is 6.72. The van der Waals surface area contributed by atoms with E-state index in [1.165, 1.54) is 0 Å². The van der Waals surface area contributed by atoms with Gasteiger partial charge in [0.25, 0.3) is 0 Å². The highest BCUT2D eigenvalue weighted by Crippen LogP contribution is 2.35. The molecule has 0 spiro atoms. The Morgan fingerprint density at radius 1 is 0.941 bits per heavy atom. The molecule has 0 bridgehead atoms. The topological polar surface area (TPSA) is 34.1 Å². The Morgan fingerprint density at radius 2 is 1.35 bits per heavy atom. The van der Waals surface area contributed by atoms with Crippen LogP contribution in [-0.4, -0.2) is 11.6 Å². The average molecular weight is 238 g/mol. The molecule has 0 aromatic rings. The summed E-state index contributed by atoms with van der Waals surface area (Å²) in [7, 11) is 0. The van der Waals surface area contributed by atoms with Crippen molar-refractivity contribution in [3.63, 3.8) is 0 Å². The normalized spacial score (nSPS) is 26.0. The van der Waals surface area contributed by atoms with E-state index in [4.69, 9.17) is 0 Å². The third kappa shape index (κ3) is 3.65. The summed E-state index contributed by atoms with van der Waals surface area (Å²) in [6.45, 7) is 9.89. The van der Waals surface area contributed by atoms with Gasteiger partial charge in [0, 0.05) is 23.2 Å². The maximum atomic E-state index is 12.1. The molecule has 0 atom stereocenters. The molecule has 98 valence electrons. The van der Waals surface area contributed by atoms with Crippen LogP contribution >= 0.6 is 0 Å². The Hall–Kier alpha value is -0.660. The molecular formula is C15H26O2. The van der Waals surface area contributed by atoms with Gasteiger partial charge in [-0.1, -0.05) is 34.6 Å². The van der Waals surface area contributed by atoms with E-state index in [1.807, 2.05) is 34.6 Å². The number of rotatable bonds is 3. The summed E-state index contributed by atoms with van der Waals surface area (Å²) < 4.78 is 0. The molecule has 0 aromatic heterocycles. The first-order valence-corrected chi connectivity index (χ1v) is 6.81. The van der Waals surface area contributed by atoms with Gasteiger partial charge in [-0.05, 0) is 25.7 Å². The minimum atomic E-state index is -0.237. The largest absolute Gasteiger partial charge is 0.299 e. The lowest BCUT2D eigenvalue weighted by molar-refractivity contribution is -0.134. The maximum absolute atomic E-state index is 12.1. The van der Waals surface area contributed by atoms with Gasteiger partial charge in [-0.15, -0.1) is 0 Å². The molecule has 2 nitrogen and oxygen atoms in total. The monoisotopic (exact) mass is 238 g/mol. The molecule has 0 aromatic carbocycles. The second-order valence-corrected chi connectivity index (χ2v) is 6.72. The van der Waals surface area contributed by atoms with Gasteiger partial charge < -0.3 is 0 Å². The molecule has 0 aliphatic heterocycles. The first-order chi connectivity index (χ1) is 7.73. The van der Waals surface area contributed by atoms with Gasteiger partial charge in [-0.2, -0.15) is 0 Å². The van der Waals surface area contributed by atoms with Crippen molar-refractivity contribution < 1.29 is 9.59 Å². The number of Topliss-reactive ketones (excluding diaryl/α,β-unsaturated/α-hetero) is 2. The SMILES string of the molecule is CC(C)C(=O)C1CCC(C(=O)C(C)(C)C)CC1. The van der Waals surface area contributed by atoms with Crippen LogP contribution in [0.25, 0.3) is 0 Å². The highest BCUT2D eigenvalue weighted by molar-refractivity contribution is 5.87. The molecule has 1 rings (SSSR count). The summed E-state index contributed by atoms with van der Waals surface area (Å²) >= 11 is 0. The summed E-state index contributed by atoms with van der Waals surface area (Å²) in [6, 6.07) is 0. The highest BCUT2D eigenvalue weighted by atomic mass is 16.1. The van der Waals surface area contributed by atoms with E-state index in [0.29, 0.717) is 11.6 Å². The fourth-order valence-corrected chi connectivity index (χ4v) is 2.72. The minimum Gasteiger partial charge on any atom is -0.299 e. The standard InChI is InChI=1S/C15H26O2/c1-10(2)13(16)11-6-8-12(9-7-11)14(17)15(3,4)5/h10-12H,6-9H2,1-5H3. The lowest BCUT2D eigenvalue weighted by Gasteiger charge is -2.31. The molecule has 0 radical (unpaired) electrons. The van der Waals surface area contributed by atoms with Gasteiger partial charge in [0.1, 0.15) is 11.6 Å². The first kappa shape index (κ1) is 14.4. The zero-order valence-corrected chi connectivity index (χ0v) is 11.9. The maximum Gasteiger partial charge on any atom is 0.141 e. The number of hydrogen-bond acceptors (Lipinski definition) is 2. The molecule has 1 saturated carbocycles. The summed E-state index contributed by atoms with van der Waals surface area (Å²) in [5.74, 6) is 1.28. The lowest BCUT2D eigenvalue weighted by atomic mass is 9.72. The van der Waals surface area contributed by atoms with E-state index in [-0.39, 0.29) is 23.2 Å². The van der Waals surface area contributed by atoms with E-state index in [1.54, 1.807) is 0 Å². The van der Waals surface area contributed by atoms with Crippen molar-refractivity contribution in [1.29, 1.82) is 0 Å². The summed E-state index contributed by atoms with van der Waals surface area (Å²) in [5.41, 5.74) is -0.237. The van der Waals surface area contributed by atoms with Gasteiger partial charge in [-0.25, -0.2) is 0 Å². The van der Waals surface area contributed by atoms with Crippen LogP contribution in [0.1, 0.15) is 60.3 Å². The molecule has 0 amide bonds. The molecule has 0 saturated heterocycles. The van der Waals surface area contributed by atoms with Gasteiger partial charge in [0.15, 0.2) is 0 Å². The Kier molecular flexibility index (Phi) is 4.51. The van der Waals surface area contributed by atoms with Gasteiger partial charge in [0.2, 0.25) is 0 Å². The molecule has 0 N–H and O–H groups in total. The van der Waals surface area contributed by atoms with Crippen LogP contribution in [0, 0.1) is 23.2 Å². The number of carbonyl (C=O) groups is 2. The first-order valence-electron chi connectivity index (χ1n) is 6.81. The van der Waals surface area contributed by atoms with Crippen molar-refractivity contribution in [2.45, 2.75) is 60.3 Å². The predicted octanol–water partition coefficient (Wildman–Crippen LogP) is 3.63. The lowest BCUT2D eigenvalue weighted by Crippen LogP contribution is -2.33. The molecule has 2 heteroatoms. The summed E-state index contributed by atoms with van der Waals surface area (Å²) in [4.78, 5) is 24.0. The van der Waals surface area contributed by atoms with Crippen LogP contribution in [0.15, 0.2) is 0 Å². The predicted molar refractivity (Wildman–Crippen MR) is 69.8 cm³/mol. The Balaban J connectivity index is 2.52. The third-order valence-electron chi connectivity index (χ3n) is 3.81. The van der Waals surface area contributed by atoms with Crippen molar-refractivity contribution in [2.24, 2.45) is 23.2 Å². The van der Waals surface area contributed by atoms with Crippen LogP contribution in [0.2, 0.25) is 0 Å². The van der Waals surface area contributed by atoms with Crippen molar-refractivity contribution in [2.75, 3.05) is 0 Å². The Morgan fingerprint density at radius 3 is 1.71 bits per heavy atom. The van der Waals surface area contributed by atoms with Crippen LogP contribution in [0.3, 0.4) is 0 Å². The van der Waals surface area contributed by atoms with Gasteiger partial charge in [0.05, 0.1) is 0 Å². The Labute approximate surface area is 105 Å². The zero-order valence-electron chi connectivity index (χ0n) is 11.9. The van der Waals surface area contributed by atoms with Crippen molar-refractivity contribution in [3.05, 3.63) is 0 Å². The van der Waals surface area contributed by atoms with E-state index < -0.39 is 0 Å². The molecule has 1 aliphatic rings. The van der Waals surface area contributed by atoms with Crippen LogP contribution in [0.5, 0.6) is 0 Å². The van der Waals surface area contributed by atoms with Gasteiger partial charge >= 0.3 is 0 Å². The van der Waals surface area contributed by atoms with Crippen molar-refractivity contribution in [3.8, 4) is 0 Å². The molecule has 1 fully saturated rings. The third-order valence-corrected chi connectivity index (χ3v) is 3.81. The summed E-state index contributed by atoms with van der Waals surface area (Å²) in [6.07, 6.45) is 3.62. The number of ketones is 2. The van der Waals surface area contributed by atoms with Crippen LogP contribution in [-0.2, 0) is 9.59 Å². The number of carbonyl (C=O) groups excluding carboxylic acids is 2. The van der Waals surface area contributed by atoms with E-state index in [2.05, 4.69) is 0 Å². The van der Waals surface area contributed by atoms with Crippen molar-refractivity contribution >= 4 is 11.6 Å². The van der Waals surface area contributed by atoms with Crippen LogP contribution < -0.4 is 0 Å². The van der Waals surface area contributed by atoms with Crippen molar-refractivity contribution in [1.82, 2.24) is 0 Å². The molecular weight excluding hydrogens is 212 g/mol. The molecule has 17 heavy (non-hydrogen) atoms.